The molecule has 2 heteroatoms. The summed E-state index contributed by atoms with van der Waals surface area (Å²) in [6.45, 7) is 8.91. The van der Waals surface area contributed by atoms with Gasteiger partial charge in [-0.1, -0.05) is 20.3 Å². The van der Waals surface area contributed by atoms with Crippen molar-refractivity contribution in [1.29, 1.82) is 0 Å². The maximum Gasteiger partial charge on any atom is 0.0925 e. The Labute approximate surface area is 69.2 Å². The zero-order valence-corrected chi connectivity index (χ0v) is 8.18. The van der Waals surface area contributed by atoms with Crippen LogP contribution in [0.25, 0.3) is 0 Å². The molecule has 0 saturated carbocycles. The van der Waals surface area contributed by atoms with Crippen LogP contribution in [0.1, 0.15) is 41.0 Å². The molecule has 0 fully saturated rings. The predicted octanol–water partition coefficient (Wildman–Crippen LogP) is 1.55. The normalized spacial score (nSPS) is 21.0. The summed E-state index contributed by atoms with van der Waals surface area (Å²) in [7, 11) is 0. The molecule has 0 bridgehead atoms. The third kappa shape index (κ3) is 2.17. The summed E-state index contributed by atoms with van der Waals surface area (Å²) >= 11 is 0. The molecular formula is C9H20O2. The number of rotatable bonds is 3. The molecule has 2 atom stereocenters. The van der Waals surface area contributed by atoms with Crippen LogP contribution in [0.5, 0.6) is 0 Å². The molecule has 0 aliphatic heterocycles. The van der Waals surface area contributed by atoms with E-state index in [0.717, 1.165) is 6.42 Å². The molecule has 0 heterocycles. The predicted molar refractivity (Wildman–Crippen MR) is 46.4 cm³/mol. The minimum Gasteiger partial charge on any atom is -0.387 e. The highest BCUT2D eigenvalue weighted by Crippen LogP contribution is 2.30. The molecule has 0 aromatic rings. The van der Waals surface area contributed by atoms with Crippen molar-refractivity contribution in [3.05, 3.63) is 0 Å². The van der Waals surface area contributed by atoms with Crippen molar-refractivity contribution in [2.75, 3.05) is 0 Å². The summed E-state index contributed by atoms with van der Waals surface area (Å²) in [5, 5.41) is 19.5. The first-order chi connectivity index (χ1) is 4.73. The second kappa shape index (κ2) is 3.11. The lowest BCUT2D eigenvalue weighted by Gasteiger charge is -2.40. The Morgan fingerprint density at radius 1 is 1.18 bits per heavy atom. The molecule has 68 valence electrons. The van der Waals surface area contributed by atoms with Crippen LogP contribution in [0.2, 0.25) is 0 Å². The van der Waals surface area contributed by atoms with Crippen LogP contribution < -0.4 is 0 Å². The van der Waals surface area contributed by atoms with E-state index in [-0.39, 0.29) is 5.92 Å². The van der Waals surface area contributed by atoms with E-state index in [1.165, 1.54) is 0 Å². The van der Waals surface area contributed by atoms with Gasteiger partial charge < -0.3 is 10.2 Å². The third-order valence-corrected chi connectivity index (χ3v) is 2.81. The van der Waals surface area contributed by atoms with Gasteiger partial charge in [-0.3, -0.25) is 0 Å². The highest BCUT2D eigenvalue weighted by Gasteiger charge is 2.41. The molecule has 0 rings (SSSR count). The zero-order valence-electron chi connectivity index (χ0n) is 8.18. The van der Waals surface area contributed by atoms with E-state index in [4.69, 9.17) is 0 Å². The van der Waals surface area contributed by atoms with E-state index in [9.17, 15) is 10.2 Å². The van der Waals surface area contributed by atoms with Crippen molar-refractivity contribution >= 4 is 0 Å². The maximum atomic E-state index is 9.87. The number of hydrogen-bond donors (Lipinski definition) is 2. The number of hydrogen-bond acceptors (Lipinski definition) is 2. The fraction of sp³-hybridized carbons (Fsp3) is 1.00. The Balaban J connectivity index is 4.45. The molecule has 0 radical (unpaired) electrons. The summed E-state index contributed by atoms with van der Waals surface area (Å²) in [6, 6.07) is 0. The SMILES string of the molecule is CCC(C)C(C)(O)C(C)(C)O. The first-order valence-electron chi connectivity index (χ1n) is 4.18. The molecule has 0 aromatic carbocycles. The topological polar surface area (TPSA) is 40.5 Å². The molecule has 11 heavy (non-hydrogen) atoms. The van der Waals surface area contributed by atoms with Crippen LogP contribution >= 0.6 is 0 Å². The Kier molecular flexibility index (Phi) is 3.09. The van der Waals surface area contributed by atoms with Gasteiger partial charge in [0.15, 0.2) is 0 Å². The van der Waals surface area contributed by atoms with Gasteiger partial charge in [0.25, 0.3) is 0 Å². The van der Waals surface area contributed by atoms with Crippen molar-refractivity contribution in [1.82, 2.24) is 0 Å². The average molecular weight is 160 g/mol. The summed E-state index contributed by atoms with van der Waals surface area (Å²) in [4.78, 5) is 0. The second-order valence-corrected chi connectivity index (χ2v) is 4.02. The van der Waals surface area contributed by atoms with Gasteiger partial charge in [-0.25, -0.2) is 0 Å². The van der Waals surface area contributed by atoms with E-state index in [1.807, 2.05) is 13.8 Å². The van der Waals surface area contributed by atoms with E-state index in [1.54, 1.807) is 20.8 Å². The van der Waals surface area contributed by atoms with Crippen LogP contribution in [0.4, 0.5) is 0 Å². The third-order valence-electron chi connectivity index (χ3n) is 2.81. The molecule has 2 N–H and O–H groups in total. The monoisotopic (exact) mass is 160 g/mol. The van der Waals surface area contributed by atoms with Gasteiger partial charge in [0.1, 0.15) is 0 Å². The van der Waals surface area contributed by atoms with E-state index < -0.39 is 11.2 Å². The first kappa shape index (κ1) is 10.9. The van der Waals surface area contributed by atoms with Crippen LogP contribution in [0.15, 0.2) is 0 Å². The minimum absolute atomic E-state index is 0.113. The maximum absolute atomic E-state index is 9.87. The molecule has 0 saturated heterocycles. The zero-order chi connectivity index (χ0) is 9.28. The van der Waals surface area contributed by atoms with Gasteiger partial charge in [-0.2, -0.15) is 0 Å². The summed E-state index contributed by atoms with van der Waals surface area (Å²) in [5.74, 6) is 0.113. The van der Waals surface area contributed by atoms with E-state index in [0.29, 0.717) is 0 Å². The van der Waals surface area contributed by atoms with Crippen LogP contribution in [-0.2, 0) is 0 Å². The summed E-state index contributed by atoms with van der Waals surface area (Å²) < 4.78 is 0. The molecule has 2 nitrogen and oxygen atoms in total. The van der Waals surface area contributed by atoms with Crippen LogP contribution in [-0.4, -0.2) is 21.4 Å². The van der Waals surface area contributed by atoms with Crippen molar-refractivity contribution in [3.63, 3.8) is 0 Å². The highest BCUT2D eigenvalue weighted by atomic mass is 16.4. The van der Waals surface area contributed by atoms with Gasteiger partial charge in [0.2, 0.25) is 0 Å². The van der Waals surface area contributed by atoms with Gasteiger partial charge in [0.05, 0.1) is 11.2 Å². The van der Waals surface area contributed by atoms with E-state index >= 15 is 0 Å². The van der Waals surface area contributed by atoms with Crippen molar-refractivity contribution < 1.29 is 10.2 Å². The molecule has 2 unspecified atom stereocenters. The molecule has 0 amide bonds. The average Bonchev–Trinajstić information content (AvgIpc) is 1.83. The Bertz CT molecular complexity index is 122. The lowest BCUT2D eigenvalue weighted by atomic mass is 9.77. The van der Waals surface area contributed by atoms with E-state index in [2.05, 4.69) is 0 Å². The quantitative estimate of drug-likeness (QED) is 0.657. The van der Waals surface area contributed by atoms with Crippen molar-refractivity contribution in [3.8, 4) is 0 Å². The number of aliphatic hydroxyl groups is 2. The standard InChI is InChI=1S/C9H20O2/c1-6-7(2)9(5,11)8(3,4)10/h7,10-11H,6H2,1-5H3. The molecule has 0 spiro atoms. The lowest BCUT2D eigenvalue weighted by molar-refractivity contribution is -0.148. The fourth-order valence-corrected chi connectivity index (χ4v) is 1.00. The van der Waals surface area contributed by atoms with Crippen molar-refractivity contribution in [2.45, 2.75) is 52.2 Å². The van der Waals surface area contributed by atoms with Crippen LogP contribution in [0, 0.1) is 5.92 Å². The fourth-order valence-electron chi connectivity index (χ4n) is 1.00. The molecule has 0 aromatic heterocycles. The molecule has 0 aliphatic rings. The lowest BCUT2D eigenvalue weighted by Crippen LogP contribution is -2.52. The van der Waals surface area contributed by atoms with Gasteiger partial charge in [-0.15, -0.1) is 0 Å². The molecule has 0 aliphatic carbocycles. The van der Waals surface area contributed by atoms with Gasteiger partial charge in [-0.05, 0) is 26.7 Å². The Morgan fingerprint density at radius 3 is 1.64 bits per heavy atom. The summed E-state index contributed by atoms with van der Waals surface area (Å²) in [5.41, 5.74) is -2.02. The largest absolute Gasteiger partial charge is 0.387 e. The summed E-state index contributed by atoms with van der Waals surface area (Å²) in [6.07, 6.45) is 0.872. The molecular weight excluding hydrogens is 140 g/mol. The smallest absolute Gasteiger partial charge is 0.0925 e. The Morgan fingerprint density at radius 2 is 1.55 bits per heavy atom. The Hall–Kier alpha value is -0.0800. The highest BCUT2D eigenvalue weighted by molar-refractivity contribution is 4.92. The minimum atomic E-state index is -1.03. The van der Waals surface area contributed by atoms with Gasteiger partial charge >= 0.3 is 0 Å². The van der Waals surface area contributed by atoms with Crippen LogP contribution in [0.3, 0.4) is 0 Å². The van der Waals surface area contributed by atoms with Crippen molar-refractivity contribution in [2.24, 2.45) is 5.92 Å². The first-order valence-corrected chi connectivity index (χ1v) is 4.18. The van der Waals surface area contributed by atoms with Gasteiger partial charge in [0, 0.05) is 0 Å². The second-order valence-electron chi connectivity index (χ2n) is 4.02.